The lowest BCUT2D eigenvalue weighted by atomic mass is 10.1. The van der Waals surface area contributed by atoms with Crippen LogP contribution in [0.4, 0.5) is 4.79 Å². The van der Waals surface area contributed by atoms with Crippen LogP contribution in [0.1, 0.15) is 34.6 Å². The first kappa shape index (κ1) is 14.8. The number of rotatable bonds is 1. The fourth-order valence-corrected chi connectivity index (χ4v) is 2.36. The minimum Gasteiger partial charge on any atom is -0.444 e. The van der Waals surface area contributed by atoms with Crippen LogP contribution in [0.5, 0.6) is 0 Å². The second kappa shape index (κ2) is 5.62. The van der Waals surface area contributed by atoms with Crippen molar-refractivity contribution in [2.45, 2.75) is 52.3 Å². The third-order valence-electron chi connectivity index (χ3n) is 2.91. The minimum absolute atomic E-state index is 0.122. The molecule has 0 saturated carbocycles. The number of hydrogen-bond acceptors (Lipinski definition) is 3. The highest BCUT2D eigenvalue weighted by atomic mass is 16.6. The van der Waals surface area contributed by atoms with Crippen molar-refractivity contribution in [1.82, 2.24) is 9.80 Å². The van der Waals surface area contributed by atoms with E-state index in [9.17, 15) is 4.79 Å². The Labute approximate surface area is 110 Å². The monoisotopic (exact) mass is 252 g/mol. The zero-order chi connectivity index (χ0) is 13.9. The number of ether oxygens (including phenoxy) is 1. The van der Waals surface area contributed by atoms with Crippen molar-refractivity contribution in [1.29, 1.82) is 0 Å². The van der Waals surface area contributed by atoms with Gasteiger partial charge in [0.2, 0.25) is 0 Å². The average Bonchev–Trinajstić information content (AvgIpc) is 2.13. The van der Waals surface area contributed by atoms with E-state index in [1.807, 2.05) is 39.5 Å². The standard InChI is InChI=1S/C14H24N2O2/c1-7-8-15-9-11(2)16(12(3)10-15)13(17)18-14(4,5)6/h1,11-12H,8-10H2,2-6H3/t11-,12+. The second-order valence-corrected chi connectivity index (χ2v) is 5.98. The van der Waals surface area contributed by atoms with Gasteiger partial charge in [0.15, 0.2) is 0 Å². The molecule has 0 radical (unpaired) electrons. The predicted octanol–water partition coefficient (Wildman–Crippen LogP) is 1.95. The third kappa shape index (κ3) is 3.92. The molecule has 4 heteroatoms. The number of terminal acetylenes is 1. The van der Waals surface area contributed by atoms with E-state index in [1.165, 1.54) is 0 Å². The van der Waals surface area contributed by atoms with E-state index in [-0.39, 0.29) is 18.2 Å². The minimum atomic E-state index is -0.452. The van der Waals surface area contributed by atoms with Crippen molar-refractivity contribution >= 4 is 6.09 Å². The van der Waals surface area contributed by atoms with Crippen molar-refractivity contribution in [3.8, 4) is 12.3 Å². The number of nitrogens with zero attached hydrogens (tertiary/aromatic N) is 2. The molecule has 0 aromatic rings. The van der Waals surface area contributed by atoms with Crippen LogP contribution < -0.4 is 0 Å². The van der Waals surface area contributed by atoms with Crippen molar-refractivity contribution < 1.29 is 9.53 Å². The summed E-state index contributed by atoms with van der Waals surface area (Å²) in [6.07, 6.45) is 5.10. The van der Waals surface area contributed by atoms with Gasteiger partial charge in [-0.1, -0.05) is 5.92 Å². The van der Waals surface area contributed by atoms with E-state index in [0.717, 1.165) is 13.1 Å². The topological polar surface area (TPSA) is 32.8 Å². The Balaban J connectivity index is 2.68. The van der Waals surface area contributed by atoms with Gasteiger partial charge in [0.25, 0.3) is 0 Å². The highest BCUT2D eigenvalue weighted by molar-refractivity contribution is 5.69. The van der Waals surface area contributed by atoms with Crippen molar-refractivity contribution in [2.75, 3.05) is 19.6 Å². The van der Waals surface area contributed by atoms with Crippen LogP contribution in [0.2, 0.25) is 0 Å². The summed E-state index contributed by atoms with van der Waals surface area (Å²) in [5.74, 6) is 2.65. The van der Waals surface area contributed by atoms with Gasteiger partial charge in [0.05, 0.1) is 6.54 Å². The number of hydrogen-bond donors (Lipinski definition) is 0. The SMILES string of the molecule is C#CCN1C[C@@H](C)N(C(=O)OC(C)(C)C)[C@@H](C)C1. The van der Waals surface area contributed by atoms with E-state index in [4.69, 9.17) is 11.2 Å². The number of carbonyl (C=O) groups is 1. The van der Waals surface area contributed by atoms with Gasteiger partial charge in [-0.05, 0) is 34.6 Å². The van der Waals surface area contributed by atoms with Crippen LogP contribution in [0.3, 0.4) is 0 Å². The molecule has 1 heterocycles. The van der Waals surface area contributed by atoms with Crippen molar-refractivity contribution in [2.24, 2.45) is 0 Å². The van der Waals surface area contributed by atoms with Crippen LogP contribution in [0.15, 0.2) is 0 Å². The summed E-state index contributed by atoms with van der Waals surface area (Å²) in [5.41, 5.74) is -0.452. The quantitative estimate of drug-likeness (QED) is 0.669. The Hall–Kier alpha value is -1.21. The summed E-state index contributed by atoms with van der Waals surface area (Å²) in [4.78, 5) is 16.2. The Morgan fingerprint density at radius 2 is 1.83 bits per heavy atom. The molecular weight excluding hydrogens is 228 g/mol. The maximum atomic E-state index is 12.1. The molecule has 0 spiro atoms. The highest BCUT2D eigenvalue weighted by Gasteiger charge is 2.35. The second-order valence-electron chi connectivity index (χ2n) is 5.98. The lowest BCUT2D eigenvalue weighted by Gasteiger charge is -2.44. The maximum absolute atomic E-state index is 12.1. The highest BCUT2D eigenvalue weighted by Crippen LogP contribution is 2.19. The van der Waals surface area contributed by atoms with Crippen LogP contribution in [0.25, 0.3) is 0 Å². The molecule has 18 heavy (non-hydrogen) atoms. The summed E-state index contributed by atoms with van der Waals surface area (Å²) < 4.78 is 5.44. The molecule has 1 amide bonds. The van der Waals surface area contributed by atoms with Gasteiger partial charge in [-0.2, -0.15) is 0 Å². The molecule has 0 aromatic carbocycles. The molecule has 0 unspecified atom stereocenters. The fourth-order valence-electron chi connectivity index (χ4n) is 2.36. The van der Waals surface area contributed by atoms with Gasteiger partial charge in [-0.3, -0.25) is 4.90 Å². The predicted molar refractivity (Wildman–Crippen MR) is 72.3 cm³/mol. The van der Waals surface area contributed by atoms with Gasteiger partial charge in [-0.25, -0.2) is 4.79 Å². The molecule has 0 bridgehead atoms. The molecule has 1 saturated heterocycles. The molecule has 2 atom stereocenters. The van der Waals surface area contributed by atoms with E-state index >= 15 is 0 Å². The zero-order valence-electron chi connectivity index (χ0n) is 12.1. The van der Waals surface area contributed by atoms with Gasteiger partial charge in [0.1, 0.15) is 5.60 Å². The number of piperazine rings is 1. The third-order valence-corrected chi connectivity index (χ3v) is 2.91. The van der Waals surface area contributed by atoms with E-state index < -0.39 is 5.60 Å². The van der Waals surface area contributed by atoms with E-state index in [2.05, 4.69) is 10.8 Å². The summed E-state index contributed by atoms with van der Waals surface area (Å²) in [6, 6.07) is 0.244. The number of carbonyl (C=O) groups excluding carboxylic acids is 1. The van der Waals surface area contributed by atoms with E-state index in [0.29, 0.717) is 6.54 Å². The Kier molecular flexibility index (Phi) is 4.64. The van der Waals surface area contributed by atoms with Crippen LogP contribution in [-0.4, -0.2) is 53.2 Å². The van der Waals surface area contributed by atoms with Crippen LogP contribution in [0, 0.1) is 12.3 Å². The Morgan fingerprint density at radius 1 is 1.33 bits per heavy atom. The first-order valence-electron chi connectivity index (χ1n) is 6.41. The zero-order valence-corrected chi connectivity index (χ0v) is 12.1. The molecule has 0 aliphatic carbocycles. The lowest BCUT2D eigenvalue weighted by Crippen LogP contribution is -2.59. The van der Waals surface area contributed by atoms with Crippen molar-refractivity contribution in [3.05, 3.63) is 0 Å². The molecule has 0 N–H and O–H groups in total. The Morgan fingerprint density at radius 3 is 2.22 bits per heavy atom. The smallest absolute Gasteiger partial charge is 0.410 e. The molecule has 4 nitrogen and oxygen atoms in total. The maximum Gasteiger partial charge on any atom is 0.410 e. The first-order valence-corrected chi connectivity index (χ1v) is 6.41. The molecule has 0 aromatic heterocycles. The average molecular weight is 252 g/mol. The first-order chi connectivity index (χ1) is 8.24. The normalized spacial score (nSPS) is 25.7. The molecule has 1 aliphatic heterocycles. The van der Waals surface area contributed by atoms with Gasteiger partial charge >= 0.3 is 6.09 Å². The van der Waals surface area contributed by atoms with Gasteiger partial charge in [-0.15, -0.1) is 6.42 Å². The molecule has 102 valence electrons. The molecular formula is C14H24N2O2. The van der Waals surface area contributed by atoms with Crippen LogP contribution in [-0.2, 0) is 4.74 Å². The van der Waals surface area contributed by atoms with Crippen molar-refractivity contribution in [3.63, 3.8) is 0 Å². The molecule has 1 rings (SSSR count). The van der Waals surface area contributed by atoms with E-state index in [1.54, 1.807) is 0 Å². The summed E-state index contributed by atoms with van der Waals surface area (Å²) in [5, 5.41) is 0. The molecule has 1 aliphatic rings. The molecule has 1 fully saturated rings. The largest absolute Gasteiger partial charge is 0.444 e. The number of amides is 1. The fraction of sp³-hybridized carbons (Fsp3) is 0.786. The summed E-state index contributed by atoms with van der Waals surface area (Å²) >= 11 is 0. The lowest BCUT2D eigenvalue weighted by molar-refractivity contribution is -0.0129. The van der Waals surface area contributed by atoms with Crippen LogP contribution >= 0.6 is 0 Å². The summed E-state index contributed by atoms with van der Waals surface area (Å²) in [6.45, 7) is 11.9. The summed E-state index contributed by atoms with van der Waals surface area (Å²) in [7, 11) is 0. The van der Waals surface area contributed by atoms with Gasteiger partial charge in [0, 0.05) is 25.2 Å². The van der Waals surface area contributed by atoms with Gasteiger partial charge < -0.3 is 9.64 Å². The Bertz CT molecular complexity index is 329.